The summed E-state index contributed by atoms with van der Waals surface area (Å²) in [5, 5.41) is 4.08. The highest BCUT2D eigenvalue weighted by Crippen LogP contribution is 2.22. The molecule has 0 bridgehead atoms. The van der Waals surface area contributed by atoms with Crippen LogP contribution in [0.25, 0.3) is 0 Å². The van der Waals surface area contributed by atoms with Crippen LogP contribution in [0.5, 0.6) is 5.75 Å². The van der Waals surface area contributed by atoms with Gasteiger partial charge in [0.2, 0.25) is 0 Å². The van der Waals surface area contributed by atoms with Gasteiger partial charge in [-0.3, -0.25) is 9.69 Å². The summed E-state index contributed by atoms with van der Waals surface area (Å²) in [6.45, 7) is 3.64. The molecule has 27 heavy (non-hydrogen) atoms. The van der Waals surface area contributed by atoms with Gasteiger partial charge in [0.1, 0.15) is 12.4 Å². The van der Waals surface area contributed by atoms with Crippen molar-refractivity contribution in [2.45, 2.75) is 6.61 Å². The van der Waals surface area contributed by atoms with E-state index in [0.29, 0.717) is 32.1 Å². The largest absolute Gasteiger partial charge is 0.488 e. The zero-order chi connectivity index (χ0) is 18.9. The van der Waals surface area contributed by atoms with Crippen molar-refractivity contribution in [2.75, 3.05) is 32.8 Å². The number of morpholine rings is 1. The number of halogens is 1. The number of hydrogen-bond donors (Lipinski definition) is 1. The first kappa shape index (κ1) is 19.5. The number of carbonyl (C=O) groups is 1. The molecule has 0 saturated carbocycles. The maximum Gasteiger partial charge on any atom is 0.254 e. The molecule has 1 N–H and O–H groups in total. The van der Waals surface area contributed by atoms with Gasteiger partial charge < -0.3 is 9.47 Å². The van der Waals surface area contributed by atoms with Crippen molar-refractivity contribution in [3.8, 4) is 5.75 Å². The van der Waals surface area contributed by atoms with Crippen molar-refractivity contribution in [1.29, 1.82) is 0 Å². The molecular formula is C20H22BrN3O3. The number of ether oxygens (including phenoxy) is 2. The van der Waals surface area contributed by atoms with E-state index in [9.17, 15) is 4.79 Å². The van der Waals surface area contributed by atoms with Crippen LogP contribution in [-0.2, 0) is 16.1 Å². The highest BCUT2D eigenvalue weighted by molar-refractivity contribution is 9.10. The van der Waals surface area contributed by atoms with Gasteiger partial charge in [-0.15, -0.1) is 0 Å². The number of amides is 1. The summed E-state index contributed by atoms with van der Waals surface area (Å²) in [4.78, 5) is 14.1. The summed E-state index contributed by atoms with van der Waals surface area (Å²) >= 11 is 3.46. The molecule has 0 unspecified atom stereocenters. The van der Waals surface area contributed by atoms with Crippen molar-refractivity contribution in [1.82, 2.24) is 10.3 Å². The molecule has 0 aliphatic carbocycles. The fraction of sp³-hybridized carbons (Fsp3) is 0.300. The molecule has 2 aromatic carbocycles. The standard InChI is InChI=1S/C20H22BrN3O3/c21-18-6-7-19(27-15-16-4-2-1-3-5-16)17(12-18)13-22-23-20(25)14-24-8-10-26-11-9-24/h1-7,12-13H,8-11,14-15H2,(H,23,25). The van der Waals surface area contributed by atoms with Crippen molar-refractivity contribution in [3.63, 3.8) is 0 Å². The molecule has 6 nitrogen and oxygen atoms in total. The molecule has 0 atom stereocenters. The zero-order valence-electron chi connectivity index (χ0n) is 14.9. The molecule has 1 saturated heterocycles. The van der Waals surface area contributed by atoms with Gasteiger partial charge in [-0.05, 0) is 23.8 Å². The normalized spacial score (nSPS) is 15.0. The van der Waals surface area contributed by atoms with Crippen molar-refractivity contribution < 1.29 is 14.3 Å². The Bertz CT molecular complexity index is 777. The Balaban J connectivity index is 1.57. The first-order valence-corrected chi connectivity index (χ1v) is 9.58. The molecule has 1 aliphatic rings. The smallest absolute Gasteiger partial charge is 0.254 e. The average molecular weight is 432 g/mol. The van der Waals surface area contributed by atoms with E-state index >= 15 is 0 Å². The third kappa shape index (κ3) is 6.46. The van der Waals surface area contributed by atoms with Crippen LogP contribution in [0.1, 0.15) is 11.1 Å². The summed E-state index contributed by atoms with van der Waals surface area (Å²) in [7, 11) is 0. The lowest BCUT2D eigenvalue weighted by atomic mass is 10.2. The molecule has 0 spiro atoms. The van der Waals surface area contributed by atoms with Gasteiger partial charge in [0.25, 0.3) is 5.91 Å². The van der Waals surface area contributed by atoms with Gasteiger partial charge in [0.05, 0.1) is 26.0 Å². The Hall–Kier alpha value is -2.22. The SMILES string of the molecule is O=C(CN1CCOCC1)NN=Cc1cc(Br)ccc1OCc1ccccc1. The van der Waals surface area contributed by atoms with Gasteiger partial charge in [-0.1, -0.05) is 46.3 Å². The number of carbonyl (C=O) groups excluding carboxylic acids is 1. The molecule has 1 heterocycles. The quantitative estimate of drug-likeness (QED) is 0.540. The second-order valence-electron chi connectivity index (χ2n) is 6.14. The monoisotopic (exact) mass is 431 g/mol. The highest BCUT2D eigenvalue weighted by Gasteiger charge is 2.13. The van der Waals surface area contributed by atoms with Gasteiger partial charge in [-0.2, -0.15) is 5.10 Å². The minimum atomic E-state index is -0.144. The summed E-state index contributed by atoms with van der Waals surface area (Å²) < 4.78 is 12.1. The van der Waals surface area contributed by atoms with Crippen LogP contribution in [0.4, 0.5) is 0 Å². The fourth-order valence-corrected chi connectivity index (χ4v) is 3.04. The van der Waals surface area contributed by atoms with E-state index < -0.39 is 0 Å². The fourth-order valence-electron chi connectivity index (χ4n) is 2.66. The van der Waals surface area contributed by atoms with Crippen LogP contribution < -0.4 is 10.2 Å². The van der Waals surface area contributed by atoms with Gasteiger partial charge in [0.15, 0.2) is 0 Å². The number of rotatable bonds is 7. The minimum Gasteiger partial charge on any atom is -0.488 e. The van der Waals surface area contributed by atoms with Crippen LogP contribution in [0.15, 0.2) is 58.1 Å². The Morgan fingerprint density at radius 2 is 2.00 bits per heavy atom. The van der Waals surface area contributed by atoms with Crippen molar-refractivity contribution >= 4 is 28.1 Å². The van der Waals surface area contributed by atoms with Gasteiger partial charge >= 0.3 is 0 Å². The first-order valence-electron chi connectivity index (χ1n) is 8.79. The van der Waals surface area contributed by atoms with Crippen LogP contribution in [0.2, 0.25) is 0 Å². The van der Waals surface area contributed by atoms with E-state index in [0.717, 1.165) is 28.7 Å². The first-order chi connectivity index (χ1) is 13.2. The predicted molar refractivity (Wildman–Crippen MR) is 108 cm³/mol. The summed E-state index contributed by atoms with van der Waals surface area (Å²) in [6.07, 6.45) is 1.60. The lowest BCUT2D eigenvalue weighted by Gasteiger charge is -2.25. The molecule has 1 aliphatic heterocycles. The van der Waals surface area contributed by atoms with E-state index in [2.05, 4.69) is 26.5 Å². The summed E-state index contributed by atoms with van der Waals surface area (Å²) in [5.41, 5.74) is 4.45. The number of hydrazone groups is 1. The molecule has 142 valence electrons. The molecule has 0 aromatic heterocycles. The molecule has 0 radical (unpaired) electrons. The van der Waals surface area contributed by atoms with Crippen molar-refractivity contribution in [3.05, 3.63) is 64.1 Å². The van der Waals surface area contributed by atoms with E-state index in [1.807, 2.05) is 53.4 Å². The third-order valence-corrected chi connectivity index (χ3v) is 4.57. The van der Waals surface area contributed by atoms with E-state index in [-0.39, 0.29) is 5.91 Å². The van der Waals surface area contributed by atoms with E-state index in [1.165, 1.54) is 0 Å². The summed E-state index contributed by atoms with van der Waals surface area (Å²) in [5.74, 6) is 0.558. The summed E-state index contributed by atoms with van der Waals surface area (Å²) in [6, 6.07) is 15.6. The minimum absolute atomic E-state index is 0.144. The van der Waals surface area contributed by atoms with Gasteiger partial charge in [-0.25, -0.2) is 5.43 Å². The van der Waals surface area contributed by atoms with Crippen LogP contribution in [0, 0.1) is 0 Å². The van der Waals surface area contributed by atoms with E-state index in [4.69, 9.17) is 9.47 Å². The van der Waals surface area contributed by atoms with Crippen LogP contribution in [0.3, 0.4) is 0 Å². The maximum atomic E-state index is 12.0. The topological polar surface area (TPSA) is 63.2 Å². The van der Waals surface area contributed by atoms with Crippen LogP contribution in [-0.4, -0.2) is 49.9 Å². The number of benzene rings is 2. The third-order valence-electron chi connectivity index (χ3n) is 4.07. The van der Waals surface area contributed by atoms with Gasteiger partial charge in [0, 0.05) is 23.1 Å². The Morgan fingerprint density at radius 3 is 2.78 bits per heavy atom. The molecule has 7 heteroatoms. The molecule has 3 rings (SSSR count). The number of nitrogens with zero attached hydrogens (tertiary/aromatic N) is 2. The molecule has 2 aromatic rings. The molecule has 1 fully saturated rings. The molecular weight excluding hydrogens is 410 g/mol. The lowest BCUT2D eigenvalue weighted by molar-refractivity contribution is -0.123. The lowest BCUT2D eigenvalue weighted by Crippen LogP contribution is -2.42. The van der Waals surface area contributed by atoms with Crippen LogP contribution >= 0.6 is 15.9 Å². The Morgan fingerprint density at radius 1 is 1.22 bits per heavy atom. The van der Waals surface area contributed by atoms with E-state index in [1.54, 1.807) is 6.21 Å². The second-order valence-corrected chi connectivity index (χ2v) is 7.05. The predicted octanol–water partition coefficient (Wildman–Crippen LogP) is 2.81. The highest BCUT2D eigenvalue weighted by atomic mass is 79.9. The number of nitrogens with one attached hydrogen (secondary N) is 1. The Kier molecular flexibility index (Phi) is 7.38. The number of hydrogen-bond acceptors (Lipinski definition) is 5. The zero-order valence-corrected chi connectivity index (χ0v) is 16.5. The Labute approximate surface area is 167 Å². The average Bonchev–Trinajstić information content (AvgIpc) is 2.69. The second kappa shape index (κ2) is 10.2. The van der Waals surface area contributed by atoms with Crippen molar-refractivity contribution in [2.24, 2.45) is 5.10 Å². The maximum absolute atomic E-state index is 12.0. The molecule has 1 amide bonds.